The van der Waals surface area contributed by atoms with E-state index in [4.69, 9.17) is 6.42 Å². The van der Waals surface area contributed by atoms with Gasteiger partial charge in [-0.1, -0.05) is 25.0 Å². The van der Waals surface area contributed by atoms with Crippen LogP contribution in [0.25, 0.3) is 0 Å². The molecule has 1 N–H and O–H groups in total. The first-order chi connectivity index (χ1) is 7.67. The summed E-state index contributed by atoms with van der Waals surface area (Å²) in [5, 5.41) is 2.96. The molecule has 0 heterocycles. The van der Waals surface area contributed by atoms with Crippen molar-refractivity contribution in [2.24, 2.45) is 0 Å². The molecule has 0 saturated heterocycles. The zero-order valence-electron chi connectivity index (χ0n) is 8.91. The van der Waals surface area contributed by atoms with Gasteiger partial charge in [-0.15, -0.1) is 6.42 Å². The fraction of sp³-hybridized carbons (Fsp3) is 0.333. The minimum Gasteiger partial charge on any atom is -0.433 e. The number of hydrogen-bond donors (Lipinski definition) is 1. The molecule has 86 valence electrons. The second-order valence-corrected chi connectivity index (χ2v) is 3.15. The van der Waals surface area contributed by atoms with Gasteiger partial charge >= 0.3 is 6.61 Å². The molecule has 1 unspecified atom stereocenters. The van der Waals surface area contributed by atoms with E-state index in [1.807, 2.05) is 6.92 Å². The van der Waals surface area contributed by atoms with Crippen LogP contribution in [0, 0.1) is 12.3 Å². The number of terminal acetylenes is 1. The van der Waals surface area contributed by atoms with Gasteiger partial charge < -0.3 is 10.1 Å². The number of alkyl halides is 2. The summed E-state index contributed by atoms with van der Waals surface area (Å²) in [6.07, 6.45) is 5.99. The van der Waals surface area contributed by atoms with Gasteiger partial charge in [-0.2, -0.15) is 8.78 Å². The molecular formula is C12H13F2NO. The summed E-state index contributed by atoms with van der Waals surface area (Å²) in [5.41, 5.74) is 0.479. The highest BCUT2D eigenvalue weighted by Crippen LogP contribution is 2.26. The summed E-state index contributed by atoms with van der Waals surface area (Å²) in [6, 6.07) is 6.28. The fourth-order valence-corrected chi connectivity index (χ4v) is 1.23. The Morgan fingerprint density at radius 1 is 1.44 bits per heavy atom. The maximum absolute atomic E-state index is 12.1. The molecule has 0 amide bonds. The van der Waals surface area contributed by atoms with Gasteiger partial charge in [0.05, 0.1) is 11.7 Å². The van der Waals surface area contributed by atoms with Gasteiger partial charge in [0.2, 0.25) is 0 Å². The number of rotatable bonds is 5. The van der Waals surface area contributed by atoms with Crippen LogP contribution < -0.4 is 10.1 Å². The van der Waals surface area contributed by atoms with Crippen LogP contribution >= 0.6 is 0 Å². The molecule has 2 nitrogen and oxygen atoms in total. The van der Waals surface area contributed by atoms with Crippen LogP contribution in [0.3, 0.4) is 0 Å². The van der Waals surface area contributed by atoms with Crippen LogP contribution in [0.5, 0.6) is 5.75 Å². The van der Waals surface area contributed by atoms with Gasteiger partial charge in [0.25, 0.3) is 0 Å². The van der Waals surface area contributed by atoms with Gasteiger partial charge in [-0.25, -0.2) is 0 Å². The average molecular weight is 225 g/mol. The zero-order valence-corrected chi connectivity index (χ0v) is 8.91. The van der Waals surface area contributed by atoms with Crippen molar-refractivity contribution in [1.29, 1.82) is 0 Å². The smallest absolute Gasteiger partial charge is 0.387 e. The van der Waals surface area contributed by atoms with E-state index in [-0.39, 0.29) is 11.8 Å². The third-order valence-electron chi connectivity index (χ3n) is 2.04. The van der Waals surface area contributed by atoms with Crippen molar-refractivity contribution >= 4 is 5.69 Å². The molecule has 0 bridgehead atoms. The Morgan fingerprint density at radius 3 is 2.69 bits per heavy atom. The van der Waals surface area contributed by atoms with Crippen LogP contribution in [-0.2, 0) is 0 Å². The molecule has 1 atom stereocenters. The Labute approximate surface area is 93.6 Å². The molecule has 0 aromatic heterocycles. The summed E-state index contributed by atoms with van der Waals surface area (Å²) in [7, 11) is 0. The monoisotopic (exact) mass is 225 g/mol. The first kappa shape index (κ1) is 12.3. The molecule has 0 aliphatic carbocycles. The van der Waals surface area contributed by atoms with Gasteiger partial charge in [0.15, 0.2) is 0 Å². The van der Waals surface area contributed by atoms with Crippen molar-refractivity contribution in [2.75, 3.05) is 5.32 Å². The van der Waals surface area contributed by atoms with Crippen LogP contribution in [0.2, 0.25) is 0 Å². The Hall–Kier alpha value is -1.76. The van der Waals surface area contributed by atoms with Gasteiger partial charge in [-0.05, 0) is 18.6 Å². The highest BCUT2D eigenvalue weighted by Gasteiger charge is 2.10. The van der Waals surface area contributed by atoms with E-state index in [2.05, 4.69) is 16.0 Å². The molecule has 0 aliphatic rings. The predicted octanol–water partition coefficient (Wildman–Crippen LogP) is 3.11. The van der Waals surface area contributed by atoms with Gasteiger partial charge in [0.1, 0.15) is 5.75 Å². The van der Waals surface area contributed by atoms with Crippen molar-refractivity contribution in [3.8, 4) is 18.1 Å². The average Bonchev–Trinajstić information content (AvgIpc) is 2.27. The van der Waals surface area contributed by atoms with Crippen LogP contribution in [0.1, 0.15) is 13.3 Å². The molecule has 0 spiro atoms. The lowest BCUT2D eigenvalue weighted by Gasteiger charge is -2.15. The predicted molar refractivity (Wildman–Crippen MR) is 59.6 cm³/mol. The van der Waals surface area contributed by atoms with E-state index in [1.54, 1.807) is 18.2 Å². The second kappa shape index (κ2) is 5.96. The third-order valence-corrected chi connectivity index (χ3v) is 2.04. The molecular weight excluding hydrogens is 212 g/mol. The molecule has 4 heteroatoms. The number of para-hydroxylation sites is 2. The lowest BCUT2D eigenvalue weighted by atomic mass is 10.2. The standard InChI is InChI=1S/C12H13F2NO/c1-3-9(4-2)15-10-7-5-6-8-11(10)16-12(13)14/h1,5-9,12,15H,4H2,2H3. The second-order valence-electron chi connectivity index (χ2n) is 3.15. The van der Waals surface area contributed by atoms with Crippen LogP contribution in [0.4, 0.5) is 14.5 Å². The third kappa shape index (κ3) is 3.43. The summed E-state index contributed by atoms with van der Waals surface area (Å²) in [4.78, 5) is 0. The van der Waals surface area contributed by atoms with E-state index < -0.39 is 6.61 Å². The molecule has 0 radical (unpaired) electrons. The first-order valence-corrected chi connectivity index (χ1v) is 4.93. The van der Waals surface area contributed by atoms with Crippen molar-refractivity contribution in [2.45, 2.75) is 26.0 Å². The molecule has 1 aromatic carbocycles. The summed E-state index contributed by atoms with van der Waals surface area (Å²) < 4.78 is 28.6. The van der Waals surface area contributed by atoms with E-state index in [1.165, 1.54) is 6.07 Å². The number of ether oxygens (including phenoxy) is 1. The fourth-order valence-electron chi connectivity index (χ4n) is 1.23. The molecule has 0 saturated carbocycles. The first-order valence-electron chi connectivity index (χ1n) is 4.93. The van der Waals surface area contributed by atoms with Crippen molar-refractivity contribution in [3.63, 3.8) is 0 Å². The SMILES string of the molecule is C#CC(CC)Nc1ccccc1OC(F)F. The quantitative estimate of drug-likeness (QED) is 0.777. The maximum atomic E-state index is 12.1. The molecule has 0 fully saturated rings. The van der Waals surface area contributed by atoms with E-state index in [0.717, 1.165) is 0 Å². The highest BCUT2D eigenvalue weighted by atomic mass is 19.3. The van der Waals surface area contributed by atoms with E-state index in [9.17, 15) is 8.78 Å². The highest BCUT2D eigenvalue weighted by molar-refractivity contribution is 5.57. The van der Waals surface area contributed by atoms with Crippen molar-refractivity contribution in [1.82, 2.24) is 0 Å². The van der Waals surface area contributed by atoms with E-state index >= 15 is 0 Å². The molecule has 1 rings (SSSR count). The maximum Gasteiger partial charge on any atom is 0.387 e. The number of benzene rings is 1. The van der Waals surface area contributed by atoms with Crippen molar-refractivity contribution in [3.05, 3.63) is 24.3 Å². The Balaban J connectivity index is 2.82. The number of anilines is 1. The lowest BCUT2D eigenvalue weighted by Crippen LogP contribution is -2.16. The van der Waals surface area contributed by atoms with Gasteiger partial charge in [-0.3, -0.25) is 0 Å². The summed E-state index contributed by atoms with van der Waals surface area (Å²) >= 11 is 0. The molecule has 0 aliphatic heterocycles. The van der Waals surface area contributed by atoms with E-state index in [0.29, 0.717) is 12.1 Å². The Bertz CT molecular complexity index is 374. The topological polar surface area (TPSA) is 21.3 Å². The Morgan fingerprint density at radius 2 is 2.12 bits per heavy atom. The van der Waals surface area contributed by atoms with Gasteiger partial charge in [0, 0.05) is 0 Å². The van der Waals surface area contributed by atoms with Crippen molar-refractivity contribution < 1.29 is 13.5 Å². The Kier molecular flexibility index (Phi) is 4.59. The number of hydrogen-bond acceptors (Lipinski definition) is 2. The summed E-state index contributed by atoms with van der Waals surface area (Å²) in [6.45, 7) is -0.928. The summed E-state index contributed by atoms with van der Waals surface area (Å²) in [5.74, 6) is 2.63. The molecule has 16 heavy (non-hydrogen) atoms. The number of halogens is 2. The lowest BCUT2D eigenvalue weighted by molar-refractivity contribution is -0.0493. The normalized spacial score (nSPS) is 11.9. The minimum atomic E-state index is -2.84. The number of nitrogens with one attached hydrogen (secondary N) is 1. The van der Waals surface area contributed by atoms with Crippen LogP contribution in [0.15, 0.2) is 24.3 Å². The minimum absolute atomic E-state index is 0.103. The van der Waals surface area contributed by atoms with Crippen LogP contribution in [-0.4, -0.2) is 12.7 Å². The zero-order chi connectivity index (χ0) is 12.0. The molecule has 1 aromatic rings. The largest absolute Gasteiger partial charge is 0.433 e.